The van der Waals surface area contributed by atoms with Gasteiger partial charge in [0, 0.05) is 42.8 Å². The first-order chi connectivity index (χ1) is 9.47. The number of nitrogens with two attached hydrogens (primary N) is 1. The van der Waals surface area contributed by atoms with Crippen molar-refractivity contribution in [3.8, 4) is 0 Å². The van der Waals surface area contributed by atoms with Crippen LogP contribution in [0.5, 0.6) is 0 Å². The summed E-state index contributed by atoms with van der Waals surface area (Å²) in [6.45, 7) is 4.99. The summed E-state index contributed by atoms with van der Waals surface area (Å²) in [5, 5.41) is 6.63. The van der Waals surface area contributed by atoms with Gasteiger partial charge in [-0.15, -0.1) is 0 Å². The first kappa shape index (κ1) is 14.8. The van der Waals surface area contributed by atoms with E-state index in [9.17, 15) is 8.42 Å². The molecule has 0 unspecified atom stereocenters. The fraction of sp³-hybridized carbons (Fsp3) is 0.417. The molecule has 0 saturated heterocycles. The lowest BCUT2D eigenvalue weighted by atomic mass is 10.3. The van der Waals surface area contributed by atoms with E-state index in [0.29, 0.717) is 13.1 Å². The van der Waals surface area contributed by atoms with Gasteiger partial charge in [-0.2, -0.15) is 5.10 Å². The van der Waals surface area contributed by atoms with Crippen LogP contribution in [-0.4, -0.2) is 23.2 Å². The molecule has 2 rings (SSSR count). The molecule has 0 aliphatic heterocycles. The highest BCUT2D eigenvalue weighted by Gasteiger charge is 2.18. The maximum atomic E-state index is 12.2. The highest BCUT2D eigenvalue weighted by atomic mass is 32.2. The number of aromatic nitrogens is 3. The average molecular weight is 297 g/mol. The van der Waals surface area contributed by atoms with Gasteiger partial charge in [0.25, 0.3) is 0 Å². The van der Waals surface area contributed by atoms with Gasteiger partial charge in [0.15, 0.2) is 0 Å². The van der Waals surface area contributed by atoms with Crippen LogP contribution in [0.1, 0.15) is 23.9 Å². The second kappa shape index (κ2) is 5.78. The quantitative estimate of drug-likeness (QED) is 0.721. The third-order valence-electron chi connectivity index (χ3n) is 3.21. The fourth-order valence-corrected chi connectivity index (χ4v) is 3.02. The van der Waals surface area contributed by atoms with Crippen molar-refractivity contribution in [3.63, 3.8) is 0 Å². The number of aryl methyl sites for hydroxylation is 2. The summed E-state index contributed by atoms with van der Waals surface area (Å²) in [5.41, 5.74) is 8.07. The molecule has 4 N–H and O–H groups in total. The Morgan fingerprint density at radius 2 is 2.25 bits per heavy atom. The molecule has 8 heteroatoms. The lowest BCUT2D eigenvalue weighted by Crippen LogP contribution is -2.23. The van der Waals surface area contributed by atoms with Gasteiger partial charge in [0.2, 0.25) is 10.0 Å². The number of hydrogen-bond acceptors (Lipinski definition) is 4. The maximum absolute atomic E-state index is 12.2. The highest BCUT2D eigenvalue weighted by Crippen LogP contribution is 2.15. The summed E-state index contributed by atoms with van der Waals surface area (Å²) in [7, 11) is -3.54. The van der Waals surface area contributed by atoms with Crippen molar-refractivity contribution in [1.82, 2.24) is 19.5 Å². The largest absolute Gasteiger partial charge is 0.349 e. The second-order valence-electron chi connectivity index (χ2n) is 4.50. The van der Waals surface area contributed by atoms with Crippen LogP contribution in [0.25, 0.3) is 0 Å². The molecule has 0 aromatic carbocycles. The van der Waals surface area contributed by atoms with Crippen molar-refractivity contribution in [2.75, 3.05) is 0 Å². The van der Waals surface area contributed by atoms with Crippen molar-refractivity contribution in [1.29, 1.82) is 0 Å². The van der Waals surface area contributed by atoms with Gasteiger partial charge < -0.3 is 10.3 Å². The van der Waals surface area contributed by atoms with Crippen molar-refractivity contribution in [3.05, 3.63) is 35.4 Å². The Labute approximate surface area is 118 Å². The SMILES string of the molecule is CCn1cc(S(=O)(=O)NCc2cn[nH]c2C)cc1CN. The fourth-order valence-electron chi connectivity index (χ4n) is 1.95. The zero-order valence-electron chi connectivity index (χ0n) is 11.5. The number of nitrogens with one attached hydrogen (secondary N) is 2. The molecule has 0 saturated carbocycles. The van der Waals surface area contributed by atoms with Crippen molar-refractivity contribution < 1.29 is 8.42 Å². The number of hydrogen-bond donors (Lipinski definition) is 3. The van der Waals surface area contributed by atoms with E-state index in [4.69, 9.17) is 5.73 Å². The molecule has 20 heavy (non-hydrogen) atoms. The zero-order chi connectivity index (χ0) is 14.8. The van der Waals surface area contributed by atoms with Crippen LogP contribution in [0.3, 0.4) is 0 Å². The third kappa shape index (κ3) is 2.92. The normalized spacial score (nSPS) is 11.9. The monoisotopic (exact) mass is 297 g/mol. The number of aromatic amines is 1. The van der Waals surface area contributed by atoms with Crippen molar-refractivity contribution in [2.45, 2.75) is 38.4 Å². The Kier molecular flexibility index (Phi) is 4.26. The van der Waals surface area contributed by atoms with E-state index < -0.39 is 10.0 Å². The second-order valence-corrected chi connectivity index (χ2v) is 6.27. The molecular weight excluding hydrogens is 278 g/mol. The molecule has 7 nitrogen and oxygen atoms in total. The number of rotatable bonds is 6. The Bertz CT molecular complexity index is 665. The Balaban J connectivity index is 2.18. The molecular formula is C12H19N5O2S. The summed E-state index contributed by atoms with van der Waals surface area (Å²) in [6.07, 6.45) is 3.22. The molecule has 2 aromatic heterocycles. The van der Waals surface area contributed by atoms with E-state index in [1.54, 1.807) is 18.5 Å². The van der Waals surface area contributed by atoms with E-state index in [1.165, 1.54) is 0 Å². The summed E-state index contributed by atoms with van der Waals surface area (Å²) in [5.74, 6) is 0. The molecule has 2 aromatic rings. The summed E-state index contributed by atoms with van der Waals surface area (Å²) >= 11 is 0. The number of sulfonamides is 1. The van der Waals surface area contributed by atoms with Gasteiger partial charge in [-0.1, -0.05) is 0 Å². The Hall–Kier alpha value is -1.64. The average Bonchev–Trinajstić information content (AvgIpc) is 3.02. The van der Waals surface area contributed by atoms with E-state index in [2.05, 4.69) is 14.9 Å². The molecule has 0 fully saturated rings. The molecule has 0 atom stereocenters. The van der Waals surface area contributed by atoms with Crippen LogP contribution in [0, 0.1) is 6.92 Å². The Morgan fingerprint density at radius 1 is 1.50 bits per heavy atom. The summed E-state index contributed by atoms with van der Waals surface area (Å²) in [6, 6.07) is 1.61. The van der Waals surface area contributed by atoms with Gasteiger partial charge >= 0.3 is 0 Å². The van der Waals surface area contributed by atoms with Gasteiger partial charge in [-0.25, -0.2) is 13.1 Å². The first-order valence-corrected chi connectivity index (χ1v) is 7.84. The molecule has 0 bridgehead atoms. The minimum absolute atomic E-state index is 0.208. The molecule has 0 aliphatic carbocycles. The number of nitrogens with zero attached hydrogens (tertiary/aromatic N) is 2. The summed E-state index contributed by atoms with van der Waals surface area (Å²) in [4.78, 5) is 0.237. The van der Waals surface area contributed by atoms with Gasteiger partial charge in [-0.3, -0.25) is 5.10 Å². The molecule has 0 amide bonds. The standard InChI is InChI=1S/C12H19N5O2S/c1-3-17-8-12(4-11(17)5-13)20(18,19)15-7-10-6-14-16-9(10)2/h4,6,8,15H,3,5,7,13H2,1-2H3,(H,14,16). The minimum atomic E-state index is -3.54. The van der Waals surface area contributed by atoms with Gasteiger partial charge in [0.05, 0.1) is 11.1 Å². The first-order valence-electron chi connectivity index (χ1n) is 6.35. The molecule has 0 radical (unpaired) electrons. The Morgan fingerprint density at radius 3 is 2.75 bits per heavy atom. The van der Waals surface area contributed by atoms with Crippen molar-refractivity contribution in [2.24, 2.45) is 5.73 Å². The van der Waals surface area contributed by atoms with Crippen LogP contribution in [0.4, 0.5) is 0 Å². The molecule has 110 valence electrons. The summed E-state index contributed by atoms with van der Waals surface area (Å²) < 4.78 is 28.9. The highest BCUT2D eigenvalue weighted by molar-refractivity contribution is 7.89. The van der Waals surface area contributed by atoms with E-state index in [1.807, 2.05) is 18.4 Å². The maximum Gasteiger partial charge on any atom is 0.242 e. The van der Waals surface area contributed by atoms with Crippen LogP contribution in [0.15, 0.2) is 23.4 Å². The molecule has 0 aliphatic rings. The zero-order valence-corrected chi connectivity index (χ0v) is 12.4. The van der Waals surface area contributed by atoms with Gasteiger partial charge in [-0.05, 0) is 19.9 Å². The van der Waals surface area contributed by atoms with Crippen LogP contribution in [-0.2, 0) is 29.7 Å². The minimum Gasteiger partial charge on any atom is -0.349 e. The van der Waals surface area contributed by atoms with Crippen LogP contribution >= 0.6 is 0 Å². The van der Waals surface area contributed by atoms with Crippen molar-refractivity contribution >= 4 is 10.0 Å². The van der Waals surface area contributed by atoms with E-state index >= 15 is 0 Å². The molecule has 2 heterocycles. The lowest BCUT2D eigenvalue weighted by Gasteiger charge is -2.04. The topological polar surface area (TPSA) is 106 Å². The molecule has 0 spiro atoms. The predicted molar refractivity (Wildman–Crippen MR) is 75.3 cm³/mol. The van der Waals surface area contributed by atoms with E-state index in [-0.39, 0.29) is 11.4 Å². The predicted octanol–water partition coefficient (Wildman–Crippen LogP) is 0.477. The lowest BCUT2D eigenvalue weighted by molar-refractivity contribution is 0.580. The van der Waals surface area contributed by atoms with Gasteiger partial charge in [0.1, 0.15) is 0 Å². The third-order valence-corrected chi connectivity index (χ3v) is 4.58. The number of H-pyrrole nitrogens is 1. The smallest absolute Gasteiger partial charge is 0.242 e. The van der Waals surface area contributed by atoms with Crippen LogP contribution < -0.4 is 10.5 Å². The van der Waals surface area contributed by atoms with Crippen LogP contribution in [0.2, 0.25) is 0 Å². The van der Waals surface area contributed by atoms with E-state index in [0.717, 1.165) is 17.0 Å².